The molecule has 0 atom stereocenters. The van der Waals surface area contributed by atoms with Gasteiger partial charge in [-0.1, -0.05) is 0 Å². The molecule has 2 rings (SSSR count). The van der Waals surface area contributed by atoms with Gasteiger partial charge in [0.2, 0.25) is 0 Å². The summed E-state index contributed by atoms with van der Waals surface area (Å²) in [4.78, 5) is 0. The Morgan fingerprint density at radius 3 is 3.00 bits per heavy atom. The Labute approximate surface area is 71.2 Å². The molecule has 1 aromatic rings. The molecule has 3 heteroatoms. The van der Waals surface area contributed by atoms with E-state index in [1.54, 1.807) is 0 Å². The van der Waals surface area contributed by atoms with Gasteiger partial charge < -0.3 is 0 Å². The molecule has 11 heavy (non-hydrogen) atoms. The van der Waals surface area contributed by atoms with Crippen LogP contribution in [0.25, 0.3) is 0 Å². The summed E-state index contributed by atoms with van der Waals surface area (Å²) >= 11 is 5.74. The molecule has 1 heterocycles. The Morgan fingerprint density at radius 1 is 1.64 bits per heavy atom. The number of hydrogen-bond acceptors (Lipinski definition) is 1. The van der Waals surface area contributed by atoms with Crippen molar-refractivity contribution in [2.75, 3.05) is 0 Å². The van der Waals surface area contributed by atoms with Crippen molar-refractivity contribution in [1.29, 1.82) is 0 Å². The van der Waals surface area contributed by atoms with Crippen molar-refractivity contribution in [3.05, 3.63) is 18.0 Å². The summed E-state index contributed by atoms with van der Waals surface area (Å²) in [6.07, 6.45) is 5.71. The predicted octanol–water partition coefficient (Wildman–Crippen LogP) is 2.35. The van der Waals surface area contributed by atoms with Crippen LogP contribution in [-0.4, -0.2) is 9.78 Å². The van der Waals surface area contributed by atoms with E-state index in [0.29, 0.717) is 11.9 Å². The average Bonchev–Trinajstić information content (AvgIpc) is 2.32. The number of rotatable bonds is 2. The highest BCUT2D eigenvalue weighted by Crippen LogP contribution is 2.31. The first-order valence-corrected chi connectivity index (χ1v) is 4.53. The third-order valence-electron chi connectivity index (χ3n) is 2.31. The zero-order valence-corrected chi connectivity index (χ0v) is 7.09. The molecule has 1 aliphatic carbocycles. The molecule has 0 radical (unpaired) electrons. The summed E-state index contributed by atoms with van der Waals surface area (Å²) in [5.74, 6) is 0.580. The number of hydrogen-bond donors (Lipinski definition) is 0. The number of nitrogens with zero attached hydrogens (tertiary/aromatic N) is 2. The van der Waals surface area contributed by atoms with Crippen LogP contribution in [0.4, 0.5) is 0 Å². The zero-order chi connectivity index (χ0) is 7.68. The third kappa shape index (κ3) is 1.16. The predicted molar refractivity (Wildman–Crippen MR) is 44.7 cm³/mol. The minimum Gasteiger partial charge on any atom is -0.265 e. The molecule has 60 valence electrons. The van der Waals surface area contributed by atoms with E-state index in [0.717, 1.165) is 5.69 Å². The van der Waals surface area contributed by atoms with Gasteiger partial charge in [0.05, 0.1) is 17.6 Å². The van der Waals surface area contributed by atoms with E-state index < -0.39 is 0 Å². The molecule has 1 aromatic heterocycles. The fourth-order valence-electron chi connectivity index (χ4n) is 1.41. The number of alkyl halides is 1. The highest BCUT2D eigenvalue weighted by atomic mass is 35.5. The van der Waals surface area contributed by atoms with E-state index in [-0.39, 0.29) is 0 Å². The Morgan fingerprint density at radius 2 is 2.45 bits per heavy atom. The van der Waals surface area contributed by atoms with Crippen molar-refractivity contribution in [3.63, 3.8) is 0 Å². The second-order valence-electron chi connectivity index (χ2n) is 2.99. The second-order valence-corrected chi connectivity index (χ2v) is 3.25. The van der Waals surface area contributed by atoms with E-state index in [1.807, 2.05) is 12.3 Å². The fraction of sp³-hybridized carbons (Fsp3) is 0.625. The van der Waals surface area contributed by atoms with Gasteiger partial charge in [0.15, 0.2) is 0 Å². The first-order valence-electron chi connectivity index (χ1n) is 4.00. The maximum atomic E-state index is 5.74. The molecule has 0 aliphatic heterocycles. The van der Waals surface area contributed by atoms with Crippen LogP contribution in [-0.2, 0) is 5.88 Å². The lowest BCUT2D eigenvalue weighted by Gasteiger charge is -2.27. The molecule has 0 amide bonds. The summed E-state index contributed by atoms with van der Waals surface area (Å²) in [7, 11) is 0. The zero-order valence-electron chi connectivity index (χ0n) is 6.33. The summed E-state index contributed by atoms with van der Waals surface area (Å²) in [6.45, 7) is 0. The molecule has 1 saturated carbocycles. The number of aromatic nitrogens is 2. The van der Waals surface area contributed by atoms with Gasteiger partial charge in [-0.15, -0.1) is 11.6 Å². The van der Waals surface area contributed by atoms with Crippen molar-refractivity contribution in [3.8, 4) is 0 Å². The monoisotopic (exact) mass is 170 g/mol. The van der Waals surface area contributed by atoms with Crippen LogP contribution in [0, 0.1) is 0 Å². The largest absolute Gasteiger partial charge is 0.265 e. The van der Waals surface area contributed by atoms with Gasteiger partial charge >= 0.3 is 0 Å². The molecule has 0 unspecified atom stereocenters. The van der Waals surface area contributed by atoms with Crippen LogP contribution >= 0.6 is 11.6 Å². The second kappa shape index (κ2) is 2.86. The van der Waals surface area contributed by atoms with Crippen molar-refractivity contribution in [2.45, 2.75) is 31.2 Å². The van der Waals surface area contributed by atoms with Gasteiger partial charge in [-0.2, -0.15) is 5.10 Å². The van der Waals surface area contributed by atoms with Crippen molar-refractivity contribution < 1.29 is 0 Å². The summed E-state index contributed by atoms with van der Waals surface area (Å²) < 4.78 is 2.07. The van der Waals surface area contributed by atoms with E-state index in [4.69, 9.17) is 11.6 Å². The third-order valence-corrected chi connectivity index (χ3v) is 2.58. The topological polar surface area (TPSA) is 17.8 Å². The van der Waals surface area contributed by atoms with Crippen LogP contribution in [0.3, 0.4) is 0 Å². The van der Waals surface area contributed by atoms with Gasteiger partial charge in [-0.3, -0.25) is 4.68 Å². The molecule has 0 saturated heterocycles. The van der Waals surface area contributed by atoms with E-state index >= 15 is 0 Å². The molecule has 1 fully saturated rings. The highest BCUT2D eigenvalue weighted by Gasteiger charge is 2.21. The van der Waals surface area contributed by atoms with Gasteiger partial charge in [0.1, 0.15) is 0 Å². The Bertz CT molecular complexity index is 240. The lowest BCUT2D eigenvalue weighted by Crippen LogP contribution is -2.19. The Balaban J connectivity index is 2.20. The Kier molecular flexibility index (Phi) is 1.86. The summed E-state index contributed by atoms with van der Waals surface area (Å²) in [6, 6.07) is 2.63. The first kappa shape index (κ1) is 7.17. The maximum absolute atomic E-state index is 5.74. The maximum Gasteiger partial charge on any atom is 0.0644 e. The van der Waals surface area contributed by atoms with Gasteiger partial charge in [-0.05, 0) is 25.3 Å². The SMILES string of the molecule is ClCc1ccnn1C1CCC1. The van der Waals surface area contributed by atoms with E-state index in [1.165, 1.54) is 19.3 Å². The number of halogens is 1. The smallest absolute Gasteiger partial charge is 0.0644 e. The molecule has 0 spiro atoms. The normalized spacial score (nSPS) is 18.3. The average molecular weight is 171 g/mol. The lowest BCUT2D eigenvalue weighted by atomic mass is 9.93. The van der Waals surface area contributed by atoms with Crippen LogP contribution in [0.1, 0.15) is 31.0 Å². The molecular weight excluding hydrogens is 160 g/mol. The van der Waals surface area contributed by atoms with E-state index in [2.05, 4.69) is 9.78 Å². The summed E-state index contributed by atoms with van der Waals surface area (Å²) in [5, 5.41) is 4.24. The van der Waals surface area contributed by atoms with Gasteiger partial charge in [0.25, 0.3) is 0 Å². The minimum atomic E-state index is 0.580. The lowest BCUT2D eigenvalue weighted by molar-refractivity contribution is 0.284. The van der Waals surface area contributed by atoms with Crippen LogP contribution in [0.5, 0.6) is 0 Å². The summed E-state index contributed by atoms with van der Waals surface area (Å²) in [5.41, 5.74) is 1.15. The quantitative estimate of drug-likeness (QED) is 0.623. The molecule has 2 nitrogen and oxygen atoms in total. The van der Waals surface area contributed by atoms with Crippen LogP contribution < -0.4 is 0 Å². The van der Waals surface area contributed by atoms with Crippen molar-refractivity contribution >= 4 is 11.6 Å². The van der Waals surface area contributed by atoms with Gasteiger partial charge in [0, 0.05) is 6.20 Å². The van der Waals surface area contributed by atoms with Gasteiger partial charge in [-0.25, -0.2) is 0 Å². The highest BCUT2D eigenvalue weighted by molar-refractivity contribution is 6.16. The van der Waals surface area contributed by atoms with Crippen molar-refractivity contribution in [2.24, 2.45) is 0 Å². The first-order chi connectivity index (χ1) is 5.42. The Hall–Kier alpha value is -0.500. The molecule has 1 aliphatic rings. The minimum absolute atomic E-state index is 0.580. The fourth-order valence-corrected chi connectivity index (χ4v) is 1.62. The standard InChI is InChI=1S/C8H11ClN2/c9-6-8-4-5-10-11(8)7-2-1-3-7/h4-5,7H,1-3,6H2. The van der Waals surface area contributed by atoms with Crippen LogP contribution in [0.2, 0.25) is 0 Å². The molecule has 0 N–H and O–H groups in total. The molecule has 0 aromatic carbocycles. The van der Waals surface area contributed by atoms with E-state index in [9.17, 15) is 0 Å². The van der Waals surface area contributed by atoms with Crippen molar-refractivity contribution in [1.82, 2.24) is 9.78 Å². The van der Waals surface area contributed by atoms with Crippen LogP contribution in [0.15, 0.2) is 12.3 Å². The molecule has 0 bridgehead atoms. The molecular formula is C8H11ClN2.